The average Bonchev–Trinajstić information content (AvgIpc) is 2.31. The Morgan fingerprint density at radius 3 is 2.67 bits per heavy atom. The molecule has 7 heteroatoms. The molecule has 0 spiro atoms. The lowest BCUT2D eigenvalue weighted by Crippen LogP contribution is -2.27. The van der Waals surface area contributed by atoms with Crippen molar-refractivity contribution in [2.75, 3.05) is 36.5 Å². The van der Waals surface area contributed by atoms with Gasteiger partial charge in [0.2, 0.25) is 10.0 Å². The highest BCUT2D eigenvalue weighted by atomic mass is 32.2. The molecule has 1 rings (SSSR count). The van der Waals surface area contributed by atoms with E-state index in [2.05, 4.69) is 27.3 Å². The topological polar surface area (TPSA) is 83.1 Å². The number of rotatable bonds is 8. The van der Waals surface area contributed by atoms with Crippen molar-refractivity contribution < 1.29 is 8.42 Å². The molecule has 1 heterocycles. The van der Waals surface area contributed by atoms with Gasteiger partial charge in [-0.15, -0.1) is 0 Å². The molecule has 0 aliphatic rings. The standard InChI is InChI=1S/C11H20N4O2S/c1-3-5-13-11-9-10(4-6-14-11)12-7-8-15-18(2,16)17/h4,6,9,15H,3,5,7-8H2,1-2H3,(H2,12,13,14). The van der Waals surface area contributed by atoms with E-state index in [-0.39, 0.29) is 0 Å². The lowest BCUT2D eigenvalue weighted by atomic mass is 10.3. The lowest BCUT2D eigenvalue weighted by Gasteiger charge is -2.09. The molecule has 0 fully saturated rings. The van der Waals surface area contributed by atoms with E-state index in [0.717, 1.165) is 30.7 Å². The molecule has 1 aromatic rings. The van der Waals surface area contributed by atoms with Gasteiger partial charge in [-0.05, 0) is 12.5 Å². The lowest BCUT2D eigenvalue weighted by molar-refractivity contribution is 0.589. The van der Waals surface area contributed by atoms with Crippen molar-refractivity contribution in [2.24, 2.45) is 0 Å². The number of aromatic nitrogens is 1. The molecular weight excluding hydrogens is 252 g/mol. The Balaban J connectivity index is 2.38. The number of pyridine rings is 1. The van der Waals surface area contributed by atoms with Crippen LogP contribution in [0.4, 0.5) is 11.5 Å². The molecule has 0 bridgehead atoms. The van der Waals surface area contributed by atoms with Crippen molar-refractivity contribution in [2.45, 2.75) is 13.3 Å². The van der Waals surface area contributed by atoms with Gasteiger partial charge in [-0.3, -0.25) is 0 Å². The molecule has 0 aromatic carbocycles. The first-order chi connectivity index (χ1) is 8.51. The average molecular weight is 272 g/mol. The van der Waals surface area contributed by atoms with E-state index in [1.54, 1.807) is 6.20 Å². The summed E-state index contributed by atoms with van der Waals surface area (Å²) in [4.78, 5) is 4.18. The molecule has 6 nitrogen and oxygen atoms in total. The fourth-order valence-corrected chi connectivity index (χ4v) is 1.81. The minimum atomic E-state index is -3.11. The number of nitrogens with one attached hydrogen (secondary N) is 3. The number of sulfonamides is 1. The molecule has 0 aliphatic carbocycles. The van der Waals surface area contributed by atoms with E-state index in [0.29, 0.717) is 13.1 Å². The molecular formula is C11H20N4O2S. The van der Waals surface area contributed by atoms with E-state index in [1.807, 2.05) is 12.1 Å². The molecule has 0 atom stereocenters. The SMILES string of the molecule is CCCNc1cc(NCCNS(C)(=O)=O)ccn1. The van der Waals surface area contributed by atoms with Crippen LogP contribution in [-0.2, 0) is 10.0 Å². The third-order valence-corrected chi connectivity index (χ3v) is 2.86. The van der Waals surface area contributed by atoms with Gasteiger partial charge in [0.05, 0.1) is 6.26 Å². The molecule has 0 unspecified atom stereocenters. The van der Waals surface area contributed by atoms with Crippen LogP contribution in [0.15, 0.2) is 18.3 Å². The molecule has 0 saturated carbocycles. The predicted octanol–water partition coefficient (Wildman–Crippen LogP) is 0.865. The molecule has 1 aromatic heterocycles. The minimum Gasteiger partial charge on any atom is -0.384 e. The van der Waals surface area contributed by atoms with Gasteiger partial charge in [-0.2, -0.15) is 0 Å². The van der Waals surface area contributed by atoms with E-state index in [4.69, 9.17) is 0 Å². The zero-order valence-electron chi connectivity index (χ0n) is 10.7. The van der Waals surface area contributed by atoms with Gasteiger partial charge in [-0.25, -0.2) is 18.1 Å². The summed E-state index contributed by atoms with van der Waals surface area (Å²) in [6, 6.07) is 3.74. The van der Waals surface area contributed by atoms with E-state index < -0.39 is 10.0 Å². The Morgan fingerprint density at radius 1 is 1.22 bits per heavy atom. The molecule has 3 N–H and O–H groups in total. The molecule has 18 heavy (non-hydrogen) atoms. The zero-order valence-corrected chi connectivity index (χ0v) is 11.5. The van der Waals surface area contributed by atoms with Crippen LogP contribution in [-0.4, -0.2) is 39.3 Å². The highest BCUT2D eigenvalue weighted by Gasteiger charge is 1.99. The van der Waals surface area contributed by atoms with Crippen LogP contribution in [0.25, 0.3) is 0 Å². The van der Waals surface area contributed by atoms with Crippen molar-refractivity contribution in [3.05, 3.63) is 18.3 Å². The third kappa shape index (κ3) is 6.41. The number of hydrogen-bond acceptors (Lipinski definition) is 5. The van der Waals surface area contributed by atoms with Gasteiger partial charge in [-0.1, -0.05) is 6.92 Å². The van der Waals surface area contributed by atoms with Crippen molar-refractivity contribution in [1.29, 1.82) is 0 Å². The molecule has 0 aliphatic heterocycles. The molecule has 0 saturated heterocycles. The maximum absolute atomic E-state index is 10.9. The summed E-state index contributed by atoms with van der Waals surface area (Å²) in [7, 11) is -3.11. The van der Waals surface area contributed by atoms with Gasteiger partial charge < -0.3 is 10.6 Å². The van der Waals surface area contributed by atoms with Crippen LogP contribution < -0.4 is 15.4 Å². The summed E-state index contributed by atoms with van der Waals surface area (Å²) in [6.07, 6.45) is 3.90. The van der Waals surface area contributed by atoms with E-state index >= 15 is 0 Å². The normalized spacial score (nSPS) is 11.2. The Hall–Kier alpha value is -1.34. The van der Waals surface area contributed by atoms with Gasteiger partial charge in [0, 0.05) is 37.6 Å². The second-order valence-electron chi connectivity index (χ2n) is 3.95. The summed E-state index contributed by atoms with van der Waals surface area (Å²) in [5, 5.41) is 6.31. The number of anilines is 2. The first kappa shape index (κ1) is 14.7. The summed E-state index contributed by atoms with van der Waals surface area (Å²) in [6.45, 7) is 3.86. The smallest absolute Gasteiger partial charge is 0.208 e. The van der Waals surface area contributed by atoms with Crippen LogP contribution in [0, 0.1) is 0 Å². The van der Waals surface area contributed by atoms with Crippen molar-refractivity contribution in [3.63, 3.8) is 0 Å². The number of hydrogen-bond donors (Lipinski definition) is 3. The van der Waals surface area contributed by atoms with E-state index in [1.165, 1.54) is 0 Å². The first-order valence-electron chi connectivity index (χ1n) is 5.89. The maximum Gasteiger partial charge on any atom is 0.208 e. The third-order valence-electron chi connectivity index (χ3n) is 2.13. The molecule has 0 radical (unpaired) electrons. The summed E-state index contributed by atoms with van der Waals surface area (Å²) in [5.41, 5.74) is 0.916. The second kappa shape index (κ2) is 7.17. The summed E-state index contributed by atoms with van der Waals surface area (Å²) in [5.74, 6) is 0.818. The van der Waals surface area contributed by atoms with Crippen LogP contribution in [0.2, 0.25) is 0 Å². The Bertz CT molecular complexity index is 462. The van der Waals surface area contributed by atoms with Gasteiger partial charge in [0.15, 0.2) is 0 Å². The first-order valence-corrected chi connectivity index (χ1v) is 7.79. The molecule has 0 amide bonds. The maximum atomic E-state index is 10.9. The summed E-state index contributed by atoms with van der Waals surface area (Å²) >= 11 is 0. The van der Waals surface area contributed by atoms with Gasteiger partial charge in [0.25, 0.3) is 0 Å². The fourth-order valence-electron chi connectivity index (χ4n) is 1.33. The minimum absolute atomic E-state index is 0.360. The zero-order chi connectivity index (χ0) is 13.4. The van der Waals surface area contributed by atoms with Crippen LogP contribution in [0.3, 0.4) is 0 Å². The van der Waals surface area contributed by atoms with Gasteiger partial charge in [0.1, 0.15) is 5.82 Å². The van der Waals surface area contributed by atoms with Crippen LogP contribution >= 0.6 is 0 Å². The highest BCUT2D eigenvalue weighted by Crippen LogP contribution is 2.11. The highest BCUT2D eigenvalue weighted by molar-refractivity contribution is 7.88. The van der Waals surface area contributed by atoms with Crippen molar-refractivity contribution in [3.8, 4) is 0 Å². The Labute approximate surface area is 108 Å². The fraction of sp³-hybridized carbons (Fsp3) is 0.545. The van der Waals surface area contributed by atoms with Crippen molar-refractivity contribution in [1.82, 2.24) is 9.71 Å². The Morgan fingerprint density at radius 2 is 2.00 bits per heavy atom. The second-order valence-corrected chi connectivity index (χ2v) is 5.78. The number of nitrogens with zero attached hydrogens (tertiary/aromatic N) is 1. The Kier molecular flexibility index (Phi) is 5.87. The van der Waals surface area contributed by atoms with Crippen LogP contribution in [0.1, 0.15) is 13.3 Å². The van der Waals surface area contributed by atoms with Crippen molar-refractivity contribution >= 4 is 21.5 Å². The molecule has 102 valence electrons. The van der Waals surface area contributed by atoms with Crippen LogP contribution in [0.5, 0.6) is 0 Å². The van der Waals surface area contributed by atoms with E-state index in [9.17, 15) is 8.42 Å². The predicted molar refractivity (Wildman–Crippen MR) is 74.4 cm³/mol. The van der Waals surface area contributed by atoms with Gasteiger partial charge >= 0.3 is 0 Å². The quantitative estimate of drug-likeness (QED) is 0.612. The monoisotopic (exact) mass is 272 g/mol. The summed E-state index contributed by atoms with van der Waals surface area (Å²) < 4.78 is 24.1. The largest absolute Gasteiger partial charge is 0.384 e.